The third kappa shape index (κ3) is 6.50. The lowest BCUT2D eigenvalue weighted by Crippen LogP contribution is -2.21. The molecule has 0 amide bonds. The standard InChI is InChI=1S/C25H23F3N2O4/c1-2-17-5-3-4-6-20(17)30-23(29)15-34-21-12-9-18(24(31)32)13-22(21)33-14-16-7-10-19(11-8-16)25(26,27)28/h3-13H,2,14-15H2,1H3,(H2,29,30)(H,31,32). The van der Waals surface area contributed by atoms with Gasteiger partial charge in [0.1, 0.15) is 19.0 Å². The summed E-state index contributed by atoms with van der Waals surface area (Å²) in [6.07, 6.45) is -3.65. The number of hydrogen-bond acceptors (Lipinski definition) is 4. The Balaban J connectivity index is 1.75. The number of carboxylic acids is 1. The van der Waals surface area contributed by atoms with Gasteiger partial charge in [-0.3, -0.25) is 0 Å². The summed E-state index contributed by atoms with van der Waals surface area (Å²) >= 11 is 0. The molecule has 0 saturated carbocycles. The summed E-state index contributed by atoms with van der Waals surface area (Å²) in [6, 6.07) is 16.1. The minimum Gasteiger partial charge on any atom is -0.485 e. The van der Waals surface area contributed by atoms with Gasteiger partial charge in [0.05, 0.1) is 16.8 Å². The van der Waals surface area contributed by atoms with E-state index in [1.54, 1.807) is 0 Å². The molecule has 0 fully saturated rings. The maximum atomic E-state index is 12.8. The Kier molecular flexibility index (Phi) is 7.78. The van der Waals surface area contributed by atoms with Crippen LogP contribution in [-0.2, 0) is 19.2 Å². The molecule has 0 heterocycles. The summed E-state index contributed by atoms with van der Waals surface area (Å²) in [5, 5.41) is 9.28. The molecule has 0 aliphatic rings. The fraction of sp³-hybridized carbons (Fsp3) is 0.200. The lowest BCUT2D eigenvalue weighted by Gasteiger charge is -2.14. The number of rotatable bonds is 9. The first-order chi connectivity index (χ1) is 16.2. The van der Waals surface area contributed by atoms with Crippen LogP contribution in [0.25, 0.3) is 0 Å². The van der Waals surface area contributed by atoms with Crippen molar-refractivity contribution in [1.82, 2.24) is 0 Å². The van der Waals surface area contributed by atoms with Gasteiger partial charge in [-0.05, 0) is 53.9 Å². The van der Waals surface area contributed by atoms with Crippen LogP contribution < -0.4 is 15.2 Å². The quantitative estimate of drug-likeness (QED) is 0.312. The molecule has 9 heteroatoms. The number of carboxylic acid groups (broad SMARTS) is 1. The van der Waals surface area contributed by atoms with E-state index in [9.17, 15) is 23.1 Å². The molecule has 0 aliphatic heterocycles. The summed E-state index contributed by atoms with van der Waals surface area (Å²) in [7, 11) is 0. The second-order valence-corrected chi connectivity index (χ2v) is 7.32. The maximum Gasteiger partial charge on any atom is 0.416 e. The van der Waals surface area contributed by atoms with Gasteiger partial charge in [0.15, 0.2) is 11.5 Å². The molecule has 6 nitrogen and oxygen atoms in total. The van der Waals surface area contributed by atoms with Crippen LogP contribution in [0.5, 0.6) is 11.5 Å². The molecule has 0 spiro atoms. The summed E-state index contributed by atoms with van der Waals surface area (Å²) in [6.45, 7) is 1.83. The molecule has 0 saturated heterocycles. The van der Waals surface area contributed by atoms with Gasteiger partial charge in [0.2, 0.25) is 0 Å². The topological polar surface area (TPSA) is 94.1 Å². The van der Waals surface area contributed by atoms with Crippen LogP contribution in [0.2, 0.25) is 0 Å². The normalized spacial score (nSPS) is 11.8. The molecule has 3 aromatic rings. The summed E-state index contributed by atoms with van der Waals surface area (Å²) < 4.78 is 49.6. The SMILES string of the molecule is CCc1ccccc1N=C(N)COc1ccc(C(=O)O)cc1OCc1ccc(C(F)(F)F)cc1. The number of ether oxygens (including phenoxy) is 2. The van der Waals surface area contributed by atoms with Crippen LogP contribution in [0, 0.1) is 0 Å². The van der Waals surface area contributed by atoms with E-state index < -0.39 is 17.7 Å². The molecule has 3 rings (SSSR count). The van der Waals surface area contributed by atoms with Gasteiger partial charge in [-0.1, -0.05) is 37.3 Å². The van der Waals surface area contributed by atoms with E-state index in [4.69, 9.17) is 15.2 Å². The van der Waals surface area contributed by atoms with E-state index in [1.807, 2.05) is 31.2 Å². The van der Waals surface area contributed by atoms with E-state index in [0.717, 1.165) is 29.8 Å². The number of hydrogen-bond donors (Lipinski definition) is 2. The van der Waals surface area contributed by atoms with E-state index in [1.165, 1.54) is 30.3 Å². The number of amidine groups is 1. The average molecular weight is 472 g/mol. The van der Waals surface area contributed by atoms with Gasteiger partial charge >= 0.3 is 12.1 Å². The lowest BCUT2D eigenvalue weighted by atomic mass is 10.1. The van der Waals surface area contributed by atoms with E-state index in [-0.39, 0.29) is 36.1 Å². The Morgan fingerprint density at radius 1 is 1.00 bits per heavy atom. The molecule has 3 N–H and O–H groups in total. The van der Waals surface area contributed by atoms with Crippen LogP contribution in [0.3, 0.4) is 0 Å². The number of halogens is 3. The molecule has 0 atom stereocenters. The summed E-state index contributed by atoms with van der Waals surface area (Å²) in [5.74, 6) is -0.625. The fourth-order valence-electron chi connectivity index (χ4n) is 3.08. The molecule has 0 unspecified atom stereocenters. The smallest absolute Gasteiger partial charge is 0.416 e. The maximum absolute atomic E-state index is 12.8. The predicted molar refractivity (Wildman–Crippen MR) is 122 cm³/mol. The average Bonchev–Trinajstić information content (AvgIpc) is 2.81. The molecular weight excluding hydrogens is 449 g/mol. The van der Waals surface area contributed by atoms with Gasteiger partial charge in [0, 0.05) is 0 Å². The minimum atomic E-state index is -4.44. The number of aryl methyl sites for hydroxylation is 1. The van der Waals surface area contributed by atoms with Crippen LogP contribution >= 0.6 is 0 Å². The number of nitrogens with zero attached hydrogens (tertiary/aromatic N) is 1. The molecular formula is C25H23F3N2O4. The highest BCUT2D eigenvalue weighted by atomic mass is 19.4. The third-order valence-corrected chi connectivity index (χ3v) is 4.88. The minimum absolute atomic E-state index is 0.0340. The Labute approximate surface area is 194 Å². The first-order valence-corrected chi connectivity index (χ1v) is 10.4. The molecule has 0 aliphatic carbocycles. The highest BCUT2D eigenvalue weighted by molar-refractivity contribution is 5.88. The van der Waals surface area contributed by atoms with Gasteiger partial charge in [-0.15, -0.1) is 0 Å². The zero-order valence-corrected chi connectivity index (χ0v) is 18.3. The Morgan fingerprint density at radius 2 is 1.71 bits per heavy atom. The second kappa shape index (κ2) is 10.7. The molecule has 34 heavy (non-hydrogen) atoms. The highest BCUT2D eigenvalue weighted by Gasteiger charge is 2.29. The van der Waals surface area contributed by atoms with Crippen molar-refractivity contribution in [2.45, 2.75) is 26.1 Å². The first-order valence-electron chi connectivity index (χ1n) is 10.4. The van der Waals surface area contributed by atoms with Gasteiger partial charge in [-0.25, -0.2) is 9.79 Å². The van der Waals surface area contributed by atoms with Crippen molar-refractivity contribution in [3.8, 4) is 11.5 Å². The van der Waals surface area contributed by atoms with Crippen molar-refractivity contribution < 1.29 is 32.5 Å². The fourth-order valence-corrected chi connectivity index (χ4v) is 3.08. The number of carbonyl (C=O) groups is 1. The molecule has 0 aromatic heterocycles. The van der Waals surface area contributed by atoms with Crippen molar-refractivity contribution in [2.24, 2.45) is 10.7 Å². The Morgan fingerprint density at radius 3 is 2.35 bits per heavy atom. The number of benzene rings is 3. The van der Waals surface area contributed by atoms with Gasteiger partial charge in [0.25, 0.3) is 0 Å². The summed E-state index contributed by atoms with van der Waals surface area (Å²) in [5.41, 5.74) is 7.44. The van der Waals surface area contributed by atoms with Crippen LogP contribution in [0.4, 0.5) is 18.9 Å². The van der Waals surface area contributed by atoms with Crippen LogP contribution in [-0.4, -0.2) is 23.5 Å². The first kappa shape index (κ1) is 24.6. The number of para-hydroxylation sites is 1. The van der Waals surface area contributed by atoms with Crippen molar-refractivity contribution in [1.29, 1.82) is 0 Å². The number of alkyl halides is 3. The van der Waals surface area contributed by atoms with Crippen molar-refractivity contribution >= 4 is 17.5 Å². The molecule has 3 aromatic carbocycles. The lowest BCUT2D eigenvalue weighted by molar-refractivity contribution is -0.137. The highest BCUT2D eigenvalue weighted by Crippen LogP contribution is 2.31. The van der Waals surface area contributed by atoms with Crippen molar-refractivity contribution in [3.05, 3.63) is 89.0 Å². The van der Waals surface area contributed by atoms with E-state index >= 15 is 0 Å². The largest absolute Gasteiger partial charge is 0.485 e. The van der Waals surface area contributed by atoms with Crippen LogP contribution in [0.15, 0.2) is 71.7 Å². The monoisotopic (exact) mass is 472 g/mol. The van der Waals surface area contributed by atoms with E-state index in [2.05, 4.69) is 4.99 Å². The molecule has 0 radical (unpaired) electrons. The summed E-state index contributed by atoms with van der Waals surface area (Å²) in [4.78, 5) is 15.7. The Bertz CT molecular complexity index is 1180. The van der Waals surface area contributed by atoms with Crippen molar-refractivity contribution in [3.63, 3.8) is 0 Å². The Hall–Kier alpha value is -4.01. The van der Waals surface area contributed by atoms with E-state index in [0.29, 0.717) is 5.56 Å². The van der Waals surface area contributed by atoms with Gasteiger partial charge in [-0.2, -0.15) is 13.2 Å². The predicted octanol–water partition coefficient (Wildman–Crippen LogP) is 5.61. The molecule has 0 bridgehead atoms. The molecule has 178 valence electrons. The van der Waals surface area contributed by atoms with Crippen molar-refractivity contribution in [2.75, 3.05) is 6.61 Å². The second-order valence-electron chi connectivity index (χ2n) is 7.32. The number of aliphatic imine (C=N–C) groups is 1. The van der Waals surface area contributed by atoms with Gasteiger partial charge < -0.3 is 20.3 Å². The number of nitrogens with two attached hydrogens (primary N) is 1. The zero-order chi connectivity index (χ0) is 24.7. The third-order valence-electron chi connectivity index (χ3n) is 4.88. The zero-order valence-electron chi connectivity index (χ0n) is 18.3. The van der Waals surface area contributed by atoms with Crippen LogP contribution in [0.1, 0.15) is 34.0 Å². The number of aromatic carboxylic acids is 1.